The van der Waals surface area contributed by atoms with Gasteiger partial charge < -0.3 is 14.5 Å². The van der Waals surface area contributed by atoms with Crippen LogP contribution in [0.3, 0.4) is 0 Å². The Bertz CT molecular complexity index is 1170. The molecule has 4 rings (SSSR count). The molecule has 0 unspecified atom stereocenters. The second kappa shape index (κ2) is 9.49. The fourth-order valence-electron chi connectivity index (χ4n) is 2.96. The molecule has 156 valence electrons. The first-order valence-electron chi connectivity index (χ1n) is 9.69. The van der Waals surface area contributed by atoms with Crippen LogP contribution in [0.4, 0.5) is 5.69 Å². The van der Waals surface area contributed by atoms with E-state index in [4.69, 9.17) is 9.15 Å². The summed E-state index contributed by atoms with van der Waals surface area (Å²) in [6, 6.07) is 22.6. The minimum atomic E-state index is -0.163. The van der Waals surface area contributed by atoms with Crippen LogP contribution in [-0.4, -0.2) is 23.2 Å². The molecule has 0 spiro atoms. The summed E-state index contributed by atoms with van der Waals surface area (Å²) in [7, 11) is 1.61. The van der Waals surface area contributed by atoms with Gasteiger partial charge in [0.15, 0.2) is 0 Å². The molecule has 0 aliphatic heterocycles. The summed E-state index contributed by atoms with van der Waals surface area (Å²) in [6.07, 6.45) is 0. The highest BCUT2D eigenvalue weighted by atomic mass is 32.2. The lowest BCUT2D eigenvalue weighted by Crippen LogP contribution is -2.11. The number of benzene rings is 3. The number of thioether (sulfide) groups is 1. The largest absolute Gasteiger partial charge is 0.497 e. The van der Waals surface area contributed by atoms with Crippen molar-refractivity contribution >= 4 is 23.4 Å². The summed E-state index contributed by atoms with van der Waals surface area (Å²) < 4.78 is 10.9. The minimum Gasteiger partial charge on any atom is -0.497 e. The number of aryl methyl sites for hydroxylation is 1. The summed E-state index contributed by atoms with van der Waals surface area (Å²) in [6.45, 7) is 2.01. The average Bonchev–Trinajstić information content (AvgIpc) is 3.27. The third-order valence-corrected chi connectivity index (χ3v) is 5.60. The standard InChI is InChI=1S/C24H21N3O3S/c1-16-5-3-4-6-21(16)23-26-27-24(30-23)31-15-17-7-9-18(10-8-17)22(28)25-19-11-13-20(29-2)14-12-19/h3-14H,15H2,1-2H3,(H,25,28). The molecule has 4 aromatic rings. The van der Waals surface area contributed by atoms with Crippen LogP contribution in [0.1, 0.15) is 21.5 Å². The van der Waals surface area contributed by atoms with Gasteiger partial charge in [-0.2, -0.15) is 0 Å². The summed E-state index contributed by atoms with van der Waals surface area (Å²) in [5.41, 5.74) is 4.39. The van der Waals surface area contributed by atoms with E-state index >= 15 is 0 Å². The van der Waals surface area contributed by atoms with Crippen LogP contribution in [0.15, 0.2) is 82.4 Å². The Labute approximate surface area is 184 Å². The Hall–Kier alpha value is -3.58. The molecule has 0 fully saturated rings. The van der Waals surface area contributed by atoms with Gasteiger partial charge in [0.1, 0.15) is 5.75 Å². The molecule has 1 heterocycles. The van der Waals surface area contributed by atoms with Crippen LogP contribution < -0.4 is 10.1 Å². The Morgan fingerprint density at radius 1 is 1.00 bits per heavy atom. The van der Waals surface area contributed by atoms with Crippen molar-refractivity contribution in [2.45, 2.75) is 17.9 Å². The zero-order valence-electron chi connectivity index (χ0n) is 17.2. The molecule has 1 amide bonds. The van der Waals surface area contributed by atoms with Crippen molar-refractivity contribution in [1.29, 1.82) is 0 Å². The number of anilines is 1. The number of hydrogen-bond donors (Lipinski definition) is 1. The molecule has 0 saturated carbocycles. The number of amides is 1. The van der Waals surface area contributed by atoms with Crippen molar-refractivity contribution in [3.8, 4) is 17.2 Å². The normalized spacial score (nSPS) is 10.6. The van der Waals surface area contributed by atoms with Crippen LogP contribution in [0, 0.1) is 6.92 Å². The highest BCUT2D eigenvalue weighted by Crippen LogP contribution is 2.27. The Morgan fingerprint density at radius 3 is 2.45 bits per heavy atom. The Kier molecular flexibility index (Phi) is 6.33. The van der Waals surface area contributed by atoms with Gasteiger partial charge in [0.2, 0.25) is 5.89 Å². The number of ether oxygens (including phenoxy) is 1. The first kappa shape index (κ1) is 20.7. The van der Waals surface area contributed by atoms with E-state index in [0.717, 1.165) is 22.4 Å². The fourth-order valence-corrected chi connectivity index (χ4v) is 3.68. The molecular formula is C24H21N3O3S. The molecule has 3 aromatic carbocycles. The Morgan fingerprint density at radius 2 is 1.74 bits per heavy atom. The quantitative estimate of drug-likeness (QED) is 0.384. The zero-order valence-corrected chi connectivity index (χ0v) is 18.0. The summed E-state index contributed by atoms with van der Waals surface area (Å²) in [5, 5.41) is 11.7. The molecule has 0 radical (unpaired) electrons. The first-order chi connectivity index (χ1) is 15.1. The summed E-state index contributed by atoms with van der Waals surface area (Å²) >= 11 is 1.46. The van der Waals surface area contributed by atoms with Gasteiger partial charge in [-0.3, -0.25) is 4.79 Å². The molecule has 0 bridgehead atoms. The van der Waals surface area contributed by atoms with Crippen LogP contribution in [-0.2, 0) is 5.75 Å². The van der Waals surface area contributed by atoms with Crippen LogP contribution in [0.2, 0.25) is 0 Å². The number of carbonyl (C=O) groups is 1. The number of rotatable bonds is 7. The summed E-state index contributed by atoms with van der Waals surface area (Å²) in [5.74, 6) is 1.76. The SMILES string of the molecule is COc1ccc(NC(=O)c2ccc(CSc3nnc(-c4ccccc4C)o3)cc2)cc1. The second-order valence-electron chi connectivity index (χ2n) is 6.86. The van der Waals surface area contributed by atoms with E-state index < -0.39 is 0 Å². The van der Waals surface area contributed by atoms with Crippen molar-refractivity contribution in [1.82, 2.24) is 10.2 Å². The maximum absolute atomic E-state index is 12.4. The topological polar surface area (TPSA) is 77.2 Å². The zero-order chi connectivity index (χ0) is 21.6. The average molecular weight is 432 g/mol. The van der Waals surface area contributed by atoms with Crippen molar-refractivity contribution in [3.63, 3.8) is 0 Å². The van der Waals surface area contributed by atoms with Crippen LogP contribution in [0.5, 0.6) is 5.75 Å². The fraction of sp³-hybridized carbons (Fsp3) is 0.125. The van der Waals surface area contributed by atoms with Gasteiger partial charge in [-0.05, 0) is 60.5 Å². The molecule has 6 nitrogen and oxygen atoms in total. The van der Waals surface area contributed by atoms with Crippen molar-refractivity contribution in [2.75, 3.05) is 12.4 Å². The molecule has 31 heavy (non-hydrogen) atoms. The lowest BCUT2D eigenvalue weighted by molar-refractivity contribution is 0.102. The van der Waals surface area contributed by atoms with E-state index in [9.17, 15) is 4.79 Å². The van der Waals surface area contributed by atoms with Crippen LogP contribution in [0.25, 0.3) is 11.5 Å². The Balaban J connectivity index is 1.34. The van der Waals surface area contributed by atoms with Crippen molar-refractivity contribution < 1.29 is 13.9 Å². The van der Waals surface area contributed by atoms with Gasteiger partial charge >= 0.3 is 0 Å². The van der Waals surface area contributed by atoms with E-state index in [-0.39, 0.29) is 5.91 Å². The molecule has 1 N–H and O–H groups in total. The van der Waals surface area contributed by atoms with Gasteiger partial charge in [-0.1, -0.05) is 42.1 Å². The minimum absolute atomic E-state index is 0.163. The van der Waals surface area contributed by atoms with Gasteiger partial charge in [0.05, 0.1) is 7.11 Å². The predicted octanol–water partition coefficient (Wildman–Crippen LogP) is 5.60. The van der Waals surface area contributed by atoms with E-state index in [0.29, 0.717) is 28.1 Å². The maximum atomic E-state index is 12.4. The molecular weight excluding hydrogens is 410 g/mol. The maximum Gasteiger partial charge on any atom is 0.277 e. The highest BCUT2D eigenvalue weighted by molar-refractivity contribution is 7.98. The lowest BCUT2D eigenvalue weighted by Gasteiger charge is -2.07. The third-order valence-electron chi connectivity index (χ3n) is 4.71. The lowest BCUT2D eigenvalue weighted by atomic mass is 10.1. The van der Waals surface area contributed by atoms with Gasteiger partial charge in [0.25, 0.3) is 11.1 Å². The van der Waals surface area contributed by atoms with E-state index in [1.165, 1.54) is 11.8 Å². The van der Waals surface area contributed by atoms with E-state index in [2.05, 4.69) is 15.5 Å². The molecule has 0 atom stereocenters. The number of hydrogen-bond acceptors (Lipinski definition) is 6. The molecule has 0 aliphatic carbocycles. The number of carbonyl (C=O) groups excluding carboxylic acids is 1. The molecule has 1 aromatic heterocycles. The summed E-state index contributed by atoms with van der Waals surface area (Å²) in [4.78, 5) is 12.4. The van der Waals surface area contributed by atoms with Gasteiger partial charge in [0, 0.05) is 22.6 Å². The number of nitrogens with zero attached hydrogens (tertiary/aromatic N) is 2. The highest BCUT2D eigenvalue weighted by Gasteiger charge is 2.11. The molecule has 0 saturated heterocycles. The van der Waals surface area contributed by atoms with Crippen LogP contribution >= 0.6 is 11.8 Å². The first-order valence-corrected chi connectivity index (χ1v) is 10.7. The predicted molar refractivity (Wildman–Crippen MR) is 121 cm³/mol. The van der Waals surface area contributed by atoms with Gasteiger partial charge in [-0.25, -0.2) is 0 Å². The number of methoxy groups -OCH3 is 1. The second-order valence-corrected chi connectivity index (χ2v) is 7.78. The smallest absolute Gasteiger partial charge is 0.277 e. The monoisotopic (exact) mass is 431 g/mol. The molecule has 0 aliphatic rings. The van der Waals surface area contributed by atoms with Gasteiger partial charge in [-0.15, -0.1) is 10.2 Å². The van der Waals surface area contributed by atoms with Crippen molar-refractivity contribution in [3.05, 3.63) is 89.5 Å². The third kappa shape index (κ3) is 5.13. The van der Waals surface area contributed by atoms with E-state index in [1.54, 1.807) is 43.5 Å². The van der Waals surface area contributed by atoms with E-state index in [1.807, 2.05) is 43.3 Å². The molecule has 7 heteroatoms. The number of nitrogens with one attached hydrogen (secondary N) is 1. The number of aromatic nitrogens is 2. The van der Waals surface area contributed by atoms with Crippen molar-refractivity contribution in [2.24, 2.45) is 0 Å².